The third kappa shape index (κ3) is 3.20. The minimum Gasteiger partial charge on any atom is -0.162 e. The molecule has 1 aromatic carbocycles. The molecule has 0 N–H and O–H groups in total. The van der Waals surface area contributed by atoms with E-state index in [0.29, 0.717) is 5.25 Å². The zero-order valence-corrected chi connectivity index (χ0v) is 9.78. The van der Waals surface area contributed by atoms with Crippen LogP contribution in [0.4, 0.5) is 0 Å². The van der Waals surface area contributed by atoms with Crippen molar-refractivity contribution in [3.05, 3.63) is 34.3 Å². The van der Waals surface area contributed by atoms with Gasteiger partial charge in [-0.3, -0.25) is 0 Å². The van der Waals surface area contributed by atoms with E-state index in [4.69, 9.17) is 0 Å². The summed E-state index contributed by atoms with van der Waals surface area (Å²) in [5.41, 5.74) is 1.41. The van der Waals surface area contributed by atoms with Gasteiger partial charge in [-0.05, 0) is 30.4 Å². The van der Waals surface area contributed by atoms with Gasteiger partial charge in [0.1, 0.15) is 0 Å². The number of hydrogen-bond donors (Lipinski definition) is 0. The first-order valence-corrected chi connectivity index (χ1v) is 6.07. The average Bonchev–Trinajstić information content (AvgIpc) is 2.04. The number of thioether (sulfide) groups is 1. The lowest BCUT2D eigenvalue weighted by atomic mass is 10.1. The van der Waals surface area contributed by atoms with E-state index in [1.807, 2.05) is 11.8 Å². The Morgan fingerprint density at radius 3 is 2.83 bits per heavy atom. The Morgan fingerprint density at radius 2 is 2.25 bits per heavy atom. The van der Waals surface area contributed by atoms with Crippen molar-refractivity contribution >= 4 is 27.7 Å². The summed E-state index contributed by atoms with van der Waals surface area (Å²) < 4.78 is 1.17. The fourth-order valence-corrected chi connectivity index (χ4v) is 1.88. The van der Waals surface area contributed by atoms with Crippen molar-refractivity contribution in [2.45, 2.75) is 18.6 Å². The number of benzene rings is 1. The molecule has 1 atom stereocenters. The van der Waals surface area contributed by atoms with Crippen LogP contribution in [0.1, 0.15) is 12.5 Å². The number of rotatable bonds is 3. The summed E-state index contributed by atoms with van der Waals surface area (Å²) in [6.45, 7) is 2.26. The van der Waals surface area contributed by atoms with Crippen molar-refractivity contribution in [1.82, 2.24) is 0 Å². The van der Waals surface area contributed by atoms with E-state index in [-0.39, 0.29) is 0 Å². The Morgan fingerprint density at radius 1 is 1.50 bits per heavy atom. The van der Waals surface area contributed by atoms with Gasteiger partial charge in [0.15, 0.2) is 0 Å². The Balaban J connectivity index is 2.63. The van der Waals surface area contributed by atoms with Crippen molar-refractivity contribution in [2.75, 3.05) is 6.26 Å². The van der Waals surface area contributed by atoms with Crippen molar-refractivity contribution in [1.29, 1.82) is 0 Å². The molecule has 0 fully saturated rings. The molecular formula is C10H13BrS. The topological polar surface area (TPSA) is 0 Å². The third-order valence-corrected chi connectivity index (χ3v) is 3.28. The maximum Gasteiger partial charge on any atom is 0.0178 e. The molecule has 0 saturated carbocycles. The quantitative estimate of drug-likeness (QED) is 0.781. The van der Waals surface area contributed by atoms with Gasteiger partial charge in [-0.2, -0.15) is 11.8 Å². The predicted molar refractivity (Wildman–Crippen MR) is 60.8 cm³/mol. The Bertz CT molecular complexity index is 247. The van der Waals surface area contributed by atoms with Gasteiger partial charge in [-0.25, -0.2) is 0 Å². The van der Waals surface area contributed by atoms with Crippen LogP contribution in [0, 0.1) is 0 Å². The molecule has 0 saturated heterocycles. The fraction of sp³-hybridized carbons (Fsp3) is 0.400. The first-order valence-electron chi connectivity index (χ1n) is 3.99. The van der Waals surface area contributed by atoms with Crippen molar-refractivity contribution in [3.8, 4) is 0 Å². The lowest BCUT2D eigenvalue weighted by Crippen LogP contribution is -1.99. The first kappa shape index (κ1) is 10.1. The molecule has 0 aliphatic rings. The normalized spacial score (nSPS) is 12.9. The van der Waals surface area contributed by atoms with Crippen LogP contribution in [-0.2, 0) is 6.42 Å². The second-order valence-corrected chi connectivity index (χ2v) is 5.07. The molecule has 0 radical (unpaired) electrons. The van der Waals surface area contributed by atoms with Gasteiger partial charge in [-0.1, -0.05) is 35.0 Å². The predicted octanol–water partition coefficient (Wildman–Crippen LogP) is 3.74. The monoisotopic (exact) mass is 244 g/mol. The van der Waals surface area contributed by atoms with Gasteiger partial charge in [0.05, 0.1) is 0 Å². The minimum atomic E-state index is 0.708. The Kier molecular flexibility index (Phi) is 4.16. The van der Waals surface area contributed by atoms with Gasteiger partial charge in [0.2, 0.25) is 0 Å². The van der Waals surface area contributed by atoms with Crippen LogP contribution in [0.2, 0.25) is 0 Å². The van der Waals surface area contributed by atoms with Gasteiger partial charge >= 0.3 is 0 Å². The zero-order chi connectivity index (χ0) is 8.97. The van der Waals surface area contributed by atoms with Crippen LogP contribution in [0.3, 0.4) is 0 Å². The molecule has 12 heavy (non-hydrogen) atoms. The standard InChI is InChI=1S/C10H13BrS/c1-8(12-2)6-9-4-3-5-10(11)7-9/h3-5,7-8H,6H2,1-2H3. The summed E-state index contributed by atoms with van der Waals surface area (Å²) in [5, 5.41) is 0.708. The molecule has 0 aliphatic heterocycles. The van der Waals surface area contributed by atoms with Gasteiger partial charge < -0.3 is 0 Å². The molecule has 0 heterocycles. The Hall–Kier alpha value is 0.0500. The molecule has 0 amide bonds. The highest BCUT2D eigenvalue weighted by atomic mass is 79.9. The molecule has 0 aliphatic carbocycles. The van der Waals surface area contributed by atoms with Crippen LogP contribution in [-0.4, -0.2) is 11.5 Å². The van der Waals surface area contributed by atoms with Crippen LogP contribution in [0.15, 0.2) is 28.7 Å². The van der Waals surface area contributed by atoms with Crippen molar-refractivity contribution < 1.29 is 0 Å². The molecule has 0 spiro atoms. The number of hydrogen-bond acceptors (Lipinski definition) is 1. The Labute approximate surface area is 86.9 Å². The second kappa shape index (κ2) is 4.93. The van der Waals surface area contributed by atoms with Crippen LogP contribution >= 0.6 is 27.7 Å². The van der Waals surface area contributed by atoms with Crippen molar-refractivity contribution in [2.24, 2.45) is 0 Å². The molecule has 0 bridgehead atoms. The summed E-state index contributed by atoms with van der Waals surface area (Å²) in [4.78, 5) is 0. The molecule has 66 valence electrons. The highest BCUT2D eigenvalue weighted by Gasteiger charge is 2.00. The molecule has 2 heteroatoms. The SMILES string of the molecule is CSC(C)Cc1cccc(Br)c1. The van der Waals surface area contributed by atoms with Crippen LogP contribution in [0.25, 0.3) is 0 Å². The summed E-state index contributed by atoms with van der Waals surface area (Å²) in [6, 6.07) is 8.52. The smallest absolute Gasteiger partial charge is 0.0178 e. The first-order chi connectivity index (χ1) is 5.72. The molecule has 1 aromatic rings. The zero-order valence-electron chi connectivity index (χ0n) is 7.38. The van der Waals surface area contributed by atoms with Gasteiger partial charge in [-0.15, -0.1) is 0 Å². The van der Waals surface area contributed by atoms with E-state index in [1.165, 1.54) is 10.0 Å². The maximum absolute atomic E-state index is 3.47. The largest absolute Gasteiger partial charge is 0.162 e. The molecular weight excluding hydrogens is 232 g/mol. The maximum atomic E-state index is 3.47. The highest BCUT2D eigenvalue weighted by molar-refractivity contribution is 9.10. The molecule has 1 unspecified atom stereocenters. The molecule has 0 nitrogen and oxygen atoms in total. The average molecular weight is 245 g/mol. The van der Waals surface area contributed by atoms with E-state index in [2.05, 4.69) is 53.4 Å². The summed E-state index contributed by atoms with van der Waals surface area (Å²) in [5.74, 6) is 0. The van der Waals surface area contributed by atoms with Crippen LogP contribution < -0.4 is 0 Å². The molecule has 0 aromatic heterocycles. The van der Waals surface area contributed by atoms with E-state index >= 15 is 0 Å². The molecule has 1 rings (SSSR count). The minimum absolute atomic E-state index is 0.708. The summed E-state index contributed by atoms with van der Waals surface area (Å²) >= 11 is 5.38. The van der Waals surface area contributed by atoms with Gasteiger partial charge in [0, 0.05) is 9.72 Å². The van der Waals surface area contributed by atoms with Gasteiger partial charge in [0.25, 0.3) is 0 Å². The lowest BCUT2D eigenvalue weighted by Gasteiger charge is -2.07. The third-order valence-electron chi connectivity index (χ3n) is 1.81. The lowest BCUT2D eigenvalue weighted by molar-refractivity contribution is 0.945. The van der Waals surface area contributed by atoms with E-state index < -0.39 is 0 Å². The van der Waals surface area contributed by atoms with E-state index in [0.717, 1.165) is 6.42 Å². The van der Waals surface area contributed by atoms with E-state index in [1.54, 1.807) is 0 Å². The fourth-order valence-electron chi connectivity index (χ4n) is 1.08. The summed E-state index contributed by atoms with van der Waals surface area (Å²) in [7, 11) is 0. The number of halogens is 1. The summed E-state index contributed by atoms with van der Waals surface area (Å²) in [6.07, 6.45) is 3.31. The second-order valence-electron chi connectivity index (χ2n) is 2.88. The van der Waals surface area contributed by atoms with Crippen molar-refractivity contribution in [3.63, 3.8) is 0 Å². The van der Waals surface area contributed by atoms with Crippen LogP contribution in [0.5, 0.6) is 0 Å². The van der Waals surface area contributed by atoms with E-state index in [9.17, 15) is 0 Å². The highest BCUT2D eigenvalue weighted by Crippen LogP contribution is 2.16.